The zero-order chi connectivity index (χ0) is 15.0. The zero-order valence-electron chi connectivity index (χ0n) is 13.0. The average molecular weight is 290 g/mol. The summed E-state index contributed by atoms with van der Waals surface area (Å²) < 4.78 is 7.37. The molecule has 0 spiro atoms. The molecule has 1 aliphatic rings. The Balaban J connectivity index is 1.84. The molecule has 0 aliphatic carbocycles. The fourth-order valence-electron chi connectivity index (χ4n) is 2.89. The van der Waals surface area contributed by atoms with Crippen LogP contribution in [0.15, 0.2) is 6.20 Å². The van der Waals surface area contributed by atoms with E-state index in [-0.39, 0.29) is 12.1 Å². The van der Waals surface area contributed by atoms with Crippen molar-refractivity contribution >= 4 is 0 Å². The van der Waals surface area contributed by atoms with E-state index in [0.717, 1.165) is 42.4 Å². The first-order valence-electron chi connectivity index (χ1n) is 7.22. The number of hydrogen-bond donors (Lipinski definition) is 1. The van der Waals surface area contributed by atoms with Crippen LogP contribution in [0.5, 0.6) is 0 Å². The maximum absolute atomic E-state index is 5.56. The Morgan fingerprint density at radius 2 is 2.24 bits per heavy atom. The number of nitrogens with one attached hydrogen (secondary N) is 1. The first-order valence-corrected chi connectivity index (χ1v) is 7.22. The summed E-state index contributed by atoms with van der Waals surface area (Å²) in [5, 5.41) is 7.95. The van der Waals surface area contributed by atoms with Gasteiger partial charge in [0.05, 0.1) is 29.7 Å². The molecule has 0 radical (unpaired) electrons. The minimum atomic E-state index is 0.238. The fraction of sp³-hybridized carbons (Fsp3) is 0.643. The van der Waals surface area contributed by atoms with Gasteiger partial charge in [-0.3, -0.25) is 9.58 Å². The van der Waals surface area contributed by atoms with Gasteiger partial charge in [0.15, 0.2) is 0 Å². The minimum absolute atomic E-state index is 0.238. The second-order valence-corrected chi connectivity index (χ2v) is 5.72. The molecule has 3 rings (SSSR count). The Morgan fingerprint density at radius 3 is 2.81 bits per heavy atom. The molecule has 0 amide bonds. The van der Waals surface area contributed by atoms with Crippen LogP contribution < -0.4 is 0 Å². The van der Waals surface area contributed by atoms with E-state index < -0.39 is 0 Å². The van der Waals surface area contributed by atoms with Crippen molar-refractivity contribution in [1.82, 2.24) is 29.9 Å². The summed E-state index contributed by atoms with van der Waals surface area (Å²) in [7, 11) is 3.69. The van der Waals surface area contributed by atoms with Gasteiger partial charge in [0.2, 0.25) is 0 Å². The molecule has 114 valence electrons. The van der Waals surface area contributed by atoms with Crippen molar-refractivity contribution in [2.45, 2.75) is 39.0 Å². The Kier molecular flexibility index (Phi) is 3.77. The molecule has 7 nitrogen and oxygen atoms in total. The molecular formula is C14H22N6O. The van der Waals surface area contributed by atoms with Gasteiger partial charge in [-0.25, -0.2) is 4.98 Å². The van der Waals surface area contributed by atoms with Crippen LogP contribution in [0.1, 0.15) is 35.4 Å². The number of methoxy groups -OCH3 is 1. The van der Waals surface area contributed by atoms with E-state index in [0.29, 0.717) is 0 Å². The summed E-state index contributed by atoms with van der Waals surface area (Å²) in [6.07, 6.45) is 3.01. The molecule has 21 heavy (non-hydrogen) atoms. The molecule has 7 heteroatoms. The Bertz CT molecular complexity index is 599. The highest BCUT2D eigenvalue weighted by atomic mass is 16.5. The second kappa shape index (κ2) is 5.57. The molecule has 1 aliphatic heterocycles. The normalized spacial score (nSPS) is 23.0. The van der Waals surface area contributed by atoms with Crippen molar-refractivity contribution in [2.24, 2.45) is 7.05 Å². The van der Waals surface area contributed by atoms with Crippen LogP contribution in [0, 0.1) is 13.8 Å². The number of H-pyrrole nitrogens is 1. The maximum Gasteiger partial charge on any atom is 0.124 e. The van der Waals surface area contributed by atoms with Crippen LogP contribution in [-0.4, -0.2) is 49.6 Å². The van der Waals surface area contributed by atoms with E-state index in [2.05, 4.69) is 32.1 Å². The lowest BCUT2D eigenvalue weighted by atomic mass is 10.2. The molecule has 0 bridgehead atoms. The van der Waals surface area contributed by atoms with E-state index in [1.54, 1.807) is 7.11 Å². The quantitative estimate of drug-likeness (QED) is 0.913. The molecule has 2 aromatic heterocycles. The summed E-state index contributed by atoms with van der Waals surface area (Å²) in [5.41, 5.74) is 3.29. The summed E-state index contributed by atoms with van der Waals surface area (Å²) >= 11 is 0. The highest BCUT2D eigenvalue weighted by Gasteiger charge is 2.35. The number of aryl methyl sites for hydroxylation is 3. The molecule has 2 atom stereocenters. The third kappa shape index (κ3) is 2.71. The Hall–Kier alpha value is -1.73. The number of rotatable bonds is 4. The van der Waals surface area contributed by atoms with Gasteiger partial charge >= 0.3 is 0 Å². The average Bonchev–Trinajstić information content (AvgIpc) is 3.13. The summed E-state index contributed by atoms with van der Waals surface area (Å²) in [6.45, 7) is 5.79. The Morgan fingerprint density at radius 1 is 1.43 bits per heavy atom. The van der Waals surface area contributed by atoms with Gasteiger partial charge in [-0.1, -0.05) is 5.21 Å². The van der Waals surface area contributed by atoms with E-state index in [9.17, 15) is 0 Å². The van der Waals surface area contributed by atoms with Gasteiger partial charge < -0.3 is 9.72 Å². The van der Waals surface area contributed by atoms with E-state index in [4.69, 9.17) is 4.74 Å². The molecule has 0 saturated carbocycles. The number of aromatic amines is 1. The van der Waals surface area contributed by atoms with Crippen molar-refractivity contribution in [3.05, 3.63) is 29.1 Å². The van der Waals surface area contributed by atoms with Crippen LogP contribution in [0.4, 0.5) is 0 Å². The maximum atomic E-state index is 5.56. The van der Waals surface area contributed by atoms with E-state index in [1.165, 1.54) is 0 Å². The first-order chi connectivity index (χ1) is 10.1. The Labute approximate surface area is 124 Å². The van der Waals surface area contributed by atoms with Crippen LogP contribution in [-0.2, 0) is 18.3 Å². The number of likely N-dealkylation sites (tertiary alicyclic amines) is 1. The fourth-order valence-corrected chi connectivity index (χ4v) is 2.89. The predicted molar refractivity (Wildman–Crippen MR) is 77.6 cm³/mol. The third-order valence-corrected chi connectivity index (χ3v) is 4.33. The van der Waals surface area contributed by atoms with Crippen LogP contribution >= 0.6 is 0 Å². The van der Waals surface area contributed by atoms with Crippen LogP contribution in [0.25, 0.3) is 0 Å². The van der Waals surface area contributed by atoms with Crippen LogP contribution in [0.3, 0.4) is 0 Å². The molecular weight excluding hydrogens is 268 g/mol. The molecule has 0 aromatic carbocycles. The third-order valence-electron chi connectivity index (χ3n) is 4.33. The van der Waals surface area contributed by atoms with Gasteiger partial charge in [0.1, 0.15) is 5.82 Å². The molecule has 1 fully saturated rings. The standard InChI is InChI=1S/C14H22N6O/c1-9-10(2)17-14(16-9)13-5-12(21-4)8-20(13)7-11-6-15-18-19(11)3/h6,12-13H,5,7-8H2,1-4H3,(H,16,17)/t12-,13+/m1/s1. The van der Waals surface area contributed by atoms with Gasteiger partial charge in [-0.05, 0) is 20.3 Å². The molecule has 2 aromatic rings. The highest BCUT2D eigenvalue weighted by molar-refractivity contribution is 5.15. The number of aromatic nitrogens is 5. The van der Waals surface area contributed by atoms with Crippen LogP contribution in [0.2, 0.25) is 0 Å². The number of imidazole rings is 1. The van der Waals surface area contributed by atoms with Crippen molar-refractivity contribution in [2.75, 3.05) is 13.7 Å². The number of ether oxygens (including phenoxy) is 1. The number of nitrogens with zero attached hydrogens (tertiary/aromatic N) is 5. The monoisotopic (exact) mass is 290 g/mol. The summed E-state index contributed by atoms with van der Waals surface area (Å²) in [5.74, 6) is 1.03. The molecule has 1 saturated heterocycles. The lowest BCUT2D eigenvalue weighted by Gasteiger charge is -2.22. The summed E-state index contributed by atoms with van der Waals surface area (Å²) in [4.78, 5) is 10.5. The van der Waals surface area contributed by atoms with Gasteiger partial charge in [0, 0.05) is 32.9 Å². The van der Waals surface area contributed by atoms with Crippen molar-refractivity contribution < 1.29 is 4.74 Å². The lowest BCUT2D eigenvalue weighted by molar-refractivity contribution is 0.107. The lowest BCUT2D eigenvalue weighted by Crippen LogP contribution is -2.26. The molecule has 1 N–H and O–H groups in total. The number of hydrogen-bond acceptors (Lipinski definition) is 5. The van der Waals surface area contributed by atoms with E-state index in [1.807, 2.05) is 24.9 Å². The second-order valence-electron chi connectivity index (χ2n) is 5.72. The smallest absolute Gasteiger partial charge is 0.124 e. The topological polar surface area (TPSA) is 71.9 Å². The van der Waals surface area contributed by atoms with Crippen molar-refractivity contribution in [3.63, 3.8) is 0 Å². The van der Waals surface area contributed by atoms with Gasteiger partial charge in [0.25, 0.3) is 0 Å². The van der Waals surface area contributed by atoms with E-state index >= 15 is 0 Å². The highest BCUT2D eigenvalue weighted by Crippen LogP contribution is 2.33. The molecule has 3 heterocycles. The minimum Gasteiger partial charge on any atom is -0.380 e. The van der Waals surface area contributed by atoms with Gasteiger partial charge in [-0.15, -0.1) is 5.10 Å². The zero-order valence-corrected chi connectivity index (χ0v) is 13.0. The van der Waals surface area contributed by atoms with Crippen molar-refractivity contribution in [3.8, 4) is 0 Å². The predicted octanol–water partition coefficient (Wildman–Crippen LogP) is 1.12. The van der Waals surface area contributed by atoms with Gasteiger partial charge in [-0.2, -0.15) is 0 Å². The molecule has 0 unspecified atom stereocenters. The van der Waals surface area contributed by atoms with Crippen molar-refractivity contribution in [1.29, 1.82) is 0 Å². The summed E-state index contributed by atoms with van der Waals surface area (Å²) in [6, 6.07) is 0.247. The largest absolute Gasteiger partial charge is 0.380 e. The SMILES string of the molecule is CO[C@@H]1C[C@@H](c2nc(C)c(C)[nH]2)N(Cc2cnnn2C)C1. The first kappa shape index (κ1) is 14.2.